The molecule has 3 rings (SSSR count). The van der Waals surface area contributed by atoms with Crippen LogP contribution in [0.3, 0.4) is 0 Å². The molecule has 108 valence electrons. The molecule has 0 bridgehead atoms. The quantitative estimate of drug-likeness (QED) is 0.749. The summed E-state index contributed by atoms with van der Waals surface area (Å²) in [5.74, 6) is 0.913. The van der Waals surface area contributed by atoms with Gasteiger partial charge in [0.2, 0.25) is 0 Å². The average Bonchev–Trinajstić information content (AvgIpc) is 2.85. The number of nitrogens with two attached hydrogens (primary N) is 1. The minimum atomic E-state index is 0.704. The molecule has 2 heterocycles. The maximum Gasteiger partial charge on any atom is 0.128 e. The molecule has 0 aliphatic rings. The maximum absolute atomic E-state index is 5.89. The van der Waals surface area contributed by atoms with Gasteiger partial charge in [0, 0.05) is 29.2 Å². The Morgan fingerprint density at radius 1 is 1.24 bits per heavy atom. The molecule has 2 N–H and O–H groups in total. The van der Waals surface area contributed by atoms with Gasteiger partial charge in [0.25, 0.3) is 0 Å². The molecule has 0 unspecified atom stereocenters. The van der Waals surface area contributed by atoms with Gasteiger partial charge in [-0.05, 0) is 37.4 Å². The number of rotatable bonds is 3. The summed E-state index contributed by atoms with van der Waals surface area (Å²) in [4.78, 5) is 4.56. The van der Waals surface area contributed by atoms with Crippen molar-refractivity contribution in [1.82, 2.24) is 9.55 Å². The highest BCUT2D eigenvalue weighted by Crippen LogP contribution is 2.26. The van der Waals surface area contributed by atoms with E-state index < -0.39 is 0 Å². The zero-order valence-corrected chi connectivity index (χ0v) is 12.6. The molecule has 0 spiro atoms. The molecule has 4 heteroatoms. The van der Waals surface area contributed by atoms with Crippen LogP contribution < -0.4 is 10.5 Å². The van der Waals surface area contributed by atoms with E-state index in [9.17, 15) is 0 Å². The van der Waals surface area contributed by atoms with Crippen molar-refractivity contribution in [2.75, 3.05) is 12.8 Å². The van der Waals surface area contributed by atoms with Crippen LogP contribution in [-0.2, 0) is 6.54 Å². The van der Waals surface area contributed by atoms with Gasteiger partial charge in [0.05, 0.1) is 24.9 Å². The van der Waals surface area contributed by atoms with Gasteiger partial charge in [-0.1, -0.05) is 6.07 Å². The van der Waals surface area contributed by atoms with Crippen molar-refractivity contribution in [3.63, 3.8) is 0 Å². The van der Waals surface area contributed by atoms with E-state index in [-0.39, 0.29) is 0 Å². The Bertz CT molecular complexity index is 805. The summed E-state index contributed by atoms with van der Waals surface area (Å²) < 4.78 is 7.64. The van der Waals surface area contributed by atoms with Crippen LogP contribution in [0.15, 0.2) is 36.7 Å². The number of pyridine rings is 1. The third kappa shape index (κ3) is 2.33. The lowest BCUT2D eigenvalue weighted by Gasteiger charge is -2.13. The van der Waals surface area contributed by atoms with Crippen LogP contribution in [0.5, 0.6) is 5.75 Å². The van der Waals surface area contributed by atoms with Crippen molar-refractivity contribution in [2.24, 2.45) is 0 Å². The zero-order valence-electron chi connectivity index (χ0n) is 12.6. The van der Waals surface area contributed by atoms with Crippen molar-refractivity contribution in [3.8, 4) is 5.75 Å². The Labute approximate surface area is 124 Å². The molecule has 4 nitrogen and oxygen atoms in total. The van der Waals surface area contributed by atoms with E-state index in [1.54, 1.807) is 7.11 Å². The number of anilines is 1. The summed E-state index contributed by atoms with van der Waals surface area (Å²) in [6.07, 6.45) is 3.93. The molecule has 21 heavy (non-hydrogen) atoms. The molecule has 0 radical (unpaired) electrons. The lowest BCUT2D eigenvalue weighted by Crippen LogP contribution is -2.05. The Hall–Kier alpha value is -2.49. The lowest BCUT2D eigenvalue weighted by molar-refractivity contribution is 0.406. The smallest absolute Gasteiger partial charge is 0.128 e. The fraction of sp³-hybridized carbons (Fsp3) is 0.235. The largest absolute Gasteiger partial charge is 0.496 e. The standard InChI is InChI=1S/C17H19N3O/c1-11-9-19-15(12(2)17(11)21-3)10-20-7-6-13-4-5-14(18)8-16(13)20/h4-9H,10,18H2,1-3H3. The Balaban J connectivity index is 2.05. The van der Waals surface area contributed by atoms with E-state index in [1.807, 2.05) is 38.2 Å². The van der Waals surface area contributed by atoms with Gasteiger partial charge in [0.1, 0.15) is 5.75 Å². The number of methoxy groups -OCH3 is 1. The number of fused-ring (bicyclic) bond motifs is 1. The van der Waals surface area contributed by atoms with Gasteiger partial charge in [-0.3, -0.25) is 4.98 Å². The Kier molecular flexibility index (Phi) is 3.29. The first-order chi connectivity index (χ1) is 10.1. The molecule has 1 aromatic carbocycles. The summed E-state index contributed by atoms with van der Waals surface area (Å²) in [6.45, 7) is 4.76. The Morgan fingerprint density at radius 3 is 2.81 bits per heavy atom. The molecule has 0 saturated carbocycles. The number of nitrogens with zero attached hydrogens (tertiary/aromatic N) is 2. The van der Waals surface area contributed by atoms with Crippen molar-refractivity contribution < 1.29 is 4.74 Å². The number of ether oxygens (including phenoxy) is 1. The number of nitrogen functional groups attached to an aromatic ring is 1. The summed E-state index contributed by atoms with van der Waals surface area (Å²) in [5.41, 5.74) is 10.9. The molecule has 0 aliphatic carbocycles. The monoisotopic (exact) mass is 281 g/mol. The summed E-state index contributed by atoms with van der Waals surface area (Å²) in [6, 6.07) is 8.05. The molecule has 0 atom stereocenters. The second-order valence-corrected chi connectivity index (χ2v) is 5.31. The predicted molar refractivity (Wildman–Crippen MR) is 85.7 cm³/mol. The van der Waals surface area contributed by atoms with Crippen LogP contribution in [0, 0.1) is 13.8 Å². The fourth-order valence-corrected chi connectivity index (χ4v) is 2.73. The highest BCUT2D eigenvalue weighted by Gasteiger charge is 2.11. The fourth-order valence-electron chi connectivity index (χ4n) is 2.73. The minimum Gasteiger partial charge on any atom is -0.496 e. The SMILES string of the molecule is COc1c(C)cnc(Cn2ccc3ccc(N)cc32)c1C. The molecule has 0 amide bonds. The van der Waals surface area contributed by atoms with Crippen molar-refractivity contribution in [1.29, 1.82) is 0 Å². The van der Waals surface area contributed by atoms with Crippen LogP contribution in [0.25, 0.3) is 10.9 Å². The van der Waals surface area contributed by atoms with E-state index in [4.69, 9.17) is 10.5 Å². The first-order valence-electron chi connectivity index (χ1n) is 6.93. The number of aryl methyl sites for hydroxylation is 1. The number of benzene rings is 1. The first-order valence-corrected chi connectivity index (χ1v) is 6.93. The molecular formula is C17H19N3O. The van der Waals surface area contributed by atoms with E-state index in [2.05, 4.69) is 21.8 Å². The molecular weight excluding hydrogens is 262 g/mol. The molecule has 0 saturated heterocycles. The second kappa shape index (κ2) is 5.13. The topological polar surface area (TPSA) is 53.1 Å². The normalized spacial score (nSPS) is 11.0. The van der Waals surface area contributed by atoms with Crippen LogP contribution >= 0.6 is 0 Å². The van der Waals surface area contributed by atoms with E-state index in [0.29, 0.717) is 6.54 Å². The third-order valence-corrected chi connectivity index (χ3v) is 3.87. The number of hydrogen-bond donors (Lipinski definition) is 1. The van der Waals surface area contributed by atoms with Crippen molar-refractivity contribution in [2.45, 2.75) is 20.4 Å². The summed E-state index contributed by atoms with van der Waals surface area (Å²) >= 11 is 0. The molecule has 0 fully saturated rings. The second-order valence-electron chi connectivity index (χ2n) is 5.31. The predicted octanol–water partition coefficient (Wildman–Crippen LogP) is 3.29. The van der Waals surface area contributed by atoms with Crippen LogP contribution in [0.2, 0.25) is 0 Å². The van der Waals surface area contributed by atoms with Gasteiger partial charge in [-0.25, -0.2) is 0 Å². The van der Waals surface area contributed by atoms with Crippen molar-refractivity contribution in [3.05, 3.63) is 53.5 Å². The first kappa shape index (κ1) is 13.5. The van der Waals surface area contributed by atoms with E-state index >= 15 is 0 Å². The number of hydrogen-bond acceptors (Lipinski definition) is 3. The molecule has 3 aromatic rings. The lowest BCUT2D eigenvalue weighted by atomic mass is 10.1. The number of aromatic nitrogens is 2. The summed E-state index contributed by atoms with van der Waals surface area (Å²) in [5, 5.41) is 1.18. The molecule has 0 aliphatic heterocycles. The average molecular weight is 281 g/mol. The highest BCUT2D eigenvalue weighted by molar-refractivity contribution is 5.83. The van der Waals surface area contributed by atoms with Gasteiger partial charge in [0.15, 0.2) is 0 Å². The summed E-state index contributed by atoms with van der Waals surface area (Å²) in [7, 11) is 1.70. The van der Waals surface area contributed by atoms with E-state index in [1.165, 1.54) is 5.39 Å². The van der Waals surface area contributed by atoms with Gasteiger partial charge in [-0.15, -0.1) is 0 Å². The maximum atomic E-state index is 5.89. The minimum absolute atomic E-state index is 0.704. The van der Waals surface area contributed by atoms with Crippen LogP contribution in [-0.4, -0.2) is 16.7 Å². The highest BCUT2D eigenvalue weighted by atomic mass is 16.5. The third-order valence-electron chi connectivity index (χ3n) is 3.87. The van der Waals surface area contributed by atoms with E-state index in [0.717, 1.165) is 33.8 Å². The van der Waals surface area contributed by atoms with Gasteiger partial charge < -0.3 is 15.0 Å². The van der Waals surface area contributed by atoms with Crippen LogP contribution in [0.1, 0.15) is 16.8 Å². The van der Waals surface area contributed by atoms with Crippen LogP contribution in [0.4, 0.5) is 5.69 Å². The van der Waals surface area contributed by atoms with Gasteiger partial charge >= 0.3 is 0 Å². The Morgan fingerprint density at radius 2 is 2.05 bits per heavy atom. The van der Waals surface area contributed by atoms with Gasteiger partial charge in [-0.2, -0.15) is 0 Å². The molecule has 2 aromatic heterocycles. The van der Waals surface area contributed by atoms with Crippen molar-refractivity contribution >= 4 is 16.6 Å². The zero-order chi connectivity index (χ0) is 15.0.